The summed E-state index contributed by atoms with van der Waals surface area (Å²) in [6.07, 6.45) is -6.48. The number of likely N-dealkylation sites (N-methyl/N-ethyl adjacent to an activating group) is 1. The average molecular weight is 667 g/mol. The molecule has 250 valence electrons. The lowest BCUT2D eigenvalue weighted by Crippen LogP contribution is -2.47. The molecule has 17 heteroatoms. The Kier molecular flexibility index (Phi) is 11.8. The van der Waals surface area contributed by atoms with Crippen molar-refractivity contribution in [1.82, 2.24) is 24.8 Å². The number of hydrogen-bond donors (Lipinski definition) is 3. The highest BCUT2D eigenvalue weighted by Gasteiger charge is 2.38. The molecule has 0 aliphatic carbocycles. The van der Waals surface area contributed by atoms with Gasteiger partial charge in [-0.1, -0.05) is 30.3 Å². The number of carbonyl (C=O) groups is 3. The number of aryl methyl sites for hydroxylation is 1. The Hall–Kier alpha value is -5.32. The third-order valence-corrected chi connectivity index (χ3v) is 6.47. The smallest absolute Gasteiger partial charge is 0.475 e. The van der Waals surface area contributed by atoms with Crippen LogP contribution in [0.3, 0.4) is 0 Å². The summed E-state index contributed by atoms with van der Waals surface area (Å²) in [5.74, 6) is -4.97. The molecule has 0 atom stereocenters. The molecule has 0 bridgehead atoms. The average Bonchev–Trinajstić information content (AvgIpc) is 3.01. The number of benzene rings is 2. The molecule has 4 aromatic rings. The van der Waals surface area contributed by atoms with Gasteiger partial charge in [-0.25, -0.2) is 19.6 Å². The number of carboxylic acid groups (broad SMARTS) is 2. The highest BCUT2D eigenvalue weighted by Crippen LogP contribution is 2.28. The minimum atomic E-state index is -5.08. The number of fused-ring (bicyclic) bond motifs is 1. The van der Waals surface area contributed by atoms with Gasteiger partial charge in [0.2, 0.25) is 5.95 Å². The second kappa shape index (κ2) is 15.3. The first-order valence-electron chi connectivity index (χ1n) is 13.6. The number of carboxylic acids is 2. The summed E-state index contributed by atoms with van der Waals surface area (Å²) in [4.78, 5) is 48.6. The van der Waals surface area contributed by atoms with Crippen LogP contribution < -0.4 is 5.32 Å². The Morgan fingerprint density at radius 3 is 1.96 bits per heavy atom. The van der Waals surface area contributed by atoms with E-state index in [2.05, 4.69) is 33.3 Å². The van der Waals surface area contributed by atoms with E-state index in [-0.39, 0.29) is 5.91 Å². The number of amides is 1. The van der Waals surface area contributed by atoms with Crippen LogP contribution in [0.2, 0.25) is 0 Å². The Balaban J connectivity index is 0.000000360. The van der Waals surface area contributed by atoms with Gasteiger partial charge in [-0.15, -0.1) is 0 Å². The van der Waals surface area contributed by atoms with Gasteiger partial charge in [0, 0.05) is 72.0 Å². The summed E-state index contributed by atoms with van der Waals surface area (Å²) >= 11 is 0. The first-order chi connectivity index (χ1) is 22.0. The molecule has 1 fully saturated rings. The van der Waals surface area contributed by atoms with Gasteiger partial charge in [-0.05, 0) is 38.2 Å². The summed E-state index contributed by atoms with van der Waals surface area (Å²) in [6, 6.07) is 17.6. The number of aliphatic carboxylic acids is 2. The molecule has 5 rings (SSSR count). The van der Waals surface area contributed by atoms with Crippen LogP contribution in [0.5, 0.6) is 0 Å². The van der Waals surface area contributed by atoms with E-state index in [1.54, 1.807) is 0 Å². The van der Waals surface area contributed by atoms with Crippen LogP contribution in [-0.4, -0.2) is 98.4 Å². The summed E-state index contributed by atoms with van der Waals surface area (Å²) in [6.45, 7) is 5.26. The molecule has 3 heterocycles. The van der Waals surface area contributed by atoms with Gasteiger partial charge >= 0.3 is 24.3 Å². The molecule has 1 saturated heterocycles. The fraction of sp³-hybridized carbons (Fsp3) is 0.267. The molecule has 0 spiro atoms. The van der Waals surface area contributed by atoms with E-state index >= 15 is 0 Å². The number of hydrogen-bond acceptors (Lipinski definition) is 8. The number of rotatable bonds is 4. The molecular formula is C30H28F6N6O5. The number of anilines is 2. The van der Waals surface area contributed by atoms with Gasteiger partial charge in [-0.3, -0.25) is 9.78 Å². The number of aromatic nitrogens is 3. The summed E-state index contributed by atoms with van der Waals surface area (Å²) in [5.41, 5.74) is 5.29. The second-order valence-corrected chi connectivity index (χ2v) is 10.0. The van der Waals surface area contributed by atoms with Crippen molar-refractivity contribution >= 4 is 40.4 Å². The minimum absolute atomic E-state index is 0.0559. The molecule has 47 heavy (non-hydrogen) atoms. The number of pyridine rings is 1. The van der Waals surface area contributed by atoms with Gasteiger partial charge in [0.25, 0.3) is 5.91 Å². The predicted molar refractivity (Wildman–Crippen MR) is 158 cm³/mol. The molecule has 1 aliphatic heterocycles. The van der Waals surface area contributed by atoms with E-state index in [0.717, 1.165) is 59.6 Å². The number of piperazine rings is 1. The topological polar surface area (TPSA) is 149 Å². The normalized spacial score (nSPS) is 13.5. The van der Waals surface area contributed by atoms with Crippen LogP contribution in [0.15, 0.2) is 67.0 Å². The first kappa shape index (κ1) is 36.2. The van der Waals surface area contributed by atoms with Gasteiger partial charge < -0.3 is 25.3 Å². The molecule has 11 nitrogen and oxygen atoms in total. The van der Waals surface area contributed by atoms with E-state index in [4.69, 9.17) is 24.8 Å². The van der Waals surface area contributed by atoms with Crippen LogP contribution in [0.1, 0.15) is 16.1 Å². The Morgan fingerprint density at radius 2 is 1.40 bits per heavy atom. The van der Waals surface area contributed by atoms with Gasteiger partial charge in [-0.2, -0.15) is 26.3 Å². The number of para-hydroxylation sites is 1. The zero-order chi connectivity index (χ0) is 34.9. The predicted octanol–water partition coefficient (Wildman–Crippen LogP) is 5.40. The van der Waals surface area contributed by atoms with Gasteiger partial charge in [0.05, 0.1) is 5.52 Å². The minimum Gasteiger partial charge on any atom is -0.475 e. The zero-order valence-electron chi connectivity index (χ0n) is 24.8. The Bertz CT molecular complexity index is 1680. The largest absolute Gasteiger partial charge is 0.490 e. The molecule has 1 aliphatic rings. The van der Waals surface area contributed by atoms with Crippen molar-refractivity contribution < 1.29 is 50.9 Å². The SMILES string of the molecule is Cc1ccc(-c2cccc3cnc(Nc4cccc(C(=O)N5CCN(C)CC5)c4)nc23)cn1.O=C(O)C(F)(F)F.O=C(O)C(F)(F)F. The lowest BCUT2D eigenvalue weighted by atomic mass is 10.0. The van der Waals surface area contributed by atoms with Crippen molar-refractivity contribution in [2.45, 2.75) is 19.3 Å². The number of nitrogens with one attached hydrogen (secondary N) is 1. The van der Waals surface area contributed by atoms with Crippen LogP contribution >= 0.6 is 0 Å². The van der Waals surface area contributed by atoms with E-state index in [0.29, 0.717) is 11.5 Å². The Labute approximate surface area is 263 Å². The number of nitrogens with zero attached hydrogens (tertiary/aromatic N) is 5. The van der Waals surface area contributed by atoms with Crippen molar-refractivity contribution in [3.8, 4) is 11.1 Å². The summed E-state index contributed by atoms with van der Waals surface area (Å²) in [7, 11) is 2.08. The maximum absolute atomic E-state index is 13.0. The van der Waals surface area contributed by atoms with Crippen molar-refractivity contribution in [3.05, 3.63) is 78.2 Å². The van der Waals surface area contributed by atoms with Gasteiger partial charge in [0.15, 0.2) is 0 Å². The molecular weight excluding hydrogens is 638 g/mol. The summed E-state index contributed by atoms with van der Waals surface area (Å²) in [5, 5.41) is 18.5. The zero-order valence-corrected chi connectivity index (χ0v) is 24.8. The molecule has 0 radical (unpaired) electrons. The third kappa shape index (κ3) is 10.6. The number of alkyl halides is 6. The number of halogens is 6. The highest BCUT2D eigenvalue weighted by molar-refractivity contribution is 5.96. The fourth-order valence-corrected chi connectivity index (χ4v) is 4.03. The quantitative estimate of drug-likeness (QED) is 0.242. The van der Waals surface area contributed by atoms with Crippen molar-refractivity contribution in [2.75, 3.05) is 38.5 Å². The highest BCUT2D eigenvalue weighted by atomic mass is 19.4. The van der Waals surface area contributed by atoms with Crippen LogP contribution in [0.25, 0.3) is 22.0 Å². The van der Waals surface area contributed by atoms with E-state index < -0.39 is 24.3 Å². The monoisotopic (exact) mass is 666 g/mol. The van der Waals surface area contributed by atoms with Crippen LogP contribution in [0, 0.1) is 6.92 Å². The molecule has 3 N–H and O–H groups in total. The van der Waals surface area contributed by atoms with Crippen molar-refractivity contribution in [1.29, 1.82) is 0 Å². The lowest BCUT2D eigenvalue weighted by Gasteiger charge is -2.32. The van der Waals surface area contributed by atoms with E-state index in [1.165, 1.54) is 0 Å². The summed E-state index contributed by atoms with van der Waals surface area (Å²) < 4.78 is 63.5. The maximum Gasteiger partial charge on any atom is 0.490 e. The molecule has 2 aromatic carbocycles. The Morgan fingerprint density at radius 1 is 0.809 bits per heavy atom. The second-order valence-electron chi connectivity index (χ2n) is 10.0. The van der Waals surface area contributed by atoms with E-state index in [1.807, 2.05) is 72.7 Å². The third-order valence-electron chi connectivity index (χ3n) is 6.47. The lowest BCUT2D eigenvalue weighted by molar-refractivity contribution is -0.193. The molecule has 1 amide bonds. The van der Waals surface area contributed by atoms with Gasteiger partial charge in [0.1, 0.15) is 0 Å². The molecule has 2 aromatic heterocycles. The standard InChI is InChI=1S/C26H26N6O.2C2HF3O2/c1-18-9-10-20(16-27-18)23-8-4-6-21-17-28-26(30-24(21)23)29-22-7-3-5-19(15-22)25(33)32-13-11-31(2)12-14-32;2*3-2(4,5)1(6)7/h3-10,15-17H,11-14H2,1-2H3,(H,28,29,30);2*(H,6,7). The number of carbonyl (C=O) groups excluding carboxylic acids is 1. The first-order valence-corrected chi connectivity index (χ1v) is 13.6. The van der Waals surface area contributed by atoms with E-state index in [9.17, 15) is 31.1 Å². The maximum atomic E-state index is 13.0. The van der Waals surface area contributed by atoms with Crippen LogP contribution in [0.4, 0.5) is 38.0 Å². The molecule has 0 unspecified atom stereocenters. The molecule has 0 saturated carbocycles. The van der Waals surface area contributed by atoms with Crippen molar-refractivity contribution in [3.63, 3.8) is 0 Å². The van der Waals surface area contributed by atoms with Crippen LogP contribution in [-0.2, 0) is 9.59 Å². The van der Waals surface area contributed by atoms with Crippen molar-refractivity contribution in [2.24, 2.45) is 0 Å². The fourth-order valence-electron chi connectivity index (χ4n) is 4.03.